The molecule has 0 bridgehead atoms. The van der Waals surface area contributed by atoms with Crippen molar-refractivity contribution in [2.45, 2.75) is 6.42 Å². The molecule has 0 spiro atoms. The molecule has 1 atom stereocenters. The van der Waals surface area contributed by atoms with Gasteiger partial charge in [0.2, 0.25) is 5.91 Å². The van der Waals surface area contributed by atoms with Gasteiger partial charge < -0.3 is 14.4 Å². The van der Waals surface area contributed by atoms with Crippen molar-refractivity contribution in [2.24, 2.45) is 5.92 Å². The highest BCUT2D eigenvalue weighted by atomic mass is 35.5. The summed E-state index contributed by atoms with van der Waals surface area (Å²) in [5.74, 6) is -3.66. The third kappa shape index (κ3) is 5.86. The van der Waals surface area contributed by atoms with Gasteiger partial charge in [0.15, 0.2) is 6.61 Å². The lowest BCUT2D eigenvalue weighted by Gasteiger charge is -2.16. The topological polar surface area (TPSA) is 131 Å². The van der Waals surface area contributed by atoms with Crippen molar-refractivity contribution in [3.8, 4) is 0 Å². The zero-order valence-corrected chi connectivity index (χ0v) is 18.3. The summed E-state index contributed by atoms with van der Waals surface area (Å²) in [6, 6.07) is 12.5. The fourth-order valence-electron chi connectivity index (χ4n) is 3.14. The van der Waals surface area contributed by atoms with Crippen LogP contribution in [-0.4, -0.2) is 49.9 Å². The Morgan fingerprint density at radius 1 is 1.06 bits per heavy atom. The maximum Gasteiger partial charge on any atom is 0.337 e. The number of anilines is 1. The minimum Gasteiger partial charge on any atom is -0.465 e. The van der Waals surface area contributed by atoms with E-state index in [-0.39, 0.29) is 29.5 Å². The van der Waals surface area contributed by atoms with Gasteiger partial charge in [-0.05, 0) is 36.4 Å². The monoisotopic (exact) mass is 473 g/mol. The zero-order chi connectivity index (χ0) is 24.0. The number of carbonyl (C=O) groups excluding carboxylic acids is 5. The predicted octanol–water partition coefficient (Wildman–Crippen LogP) is 1.48. The van der Waals surface area contributed by atoms with Gasteiger partial charge in [0.05, 0.1) is 29.2 Å². The molecule has 0 saturated carbocycles. The lowest BCUT2D eigenvalue weighted by Crippen LogP contribution is -2.44. The molecule has 1 aliphatic rings. The molecular weight excluding hydrogens is 454 g/mol. The summed E-state index contributed by atoms with van der Waals surface area (Å²) in [7, 11) is 1.27. The average Bonchev–Trinajstić information content (AvgIpc) is 3.22. The van der Waals surface area contributed by atoms with Crippen LogP contribution < -0.4 is 15.8 Å². The SMILES string of the molecule is COC(=O)c1ccc(N2C[C@H](C(=O)OCC(=O)NNC(=O)c3ccccc3Cl)CC2=O)cc1. The highest BCUT2D eigenvalue weighted by molar-refractivity contribution is 6.33. The fourth-order valence-corrected chi connectivity index (χ4v) is 3.36. The van der Waals surface area contributed by atoms with Gasteiger partial charge in [-0.3, -0.25) is 30.0 Å². The Balaban J connectivity index is 1.47. The molecule has 11 heteroatoms. The molecule has 1 saturated heterocycles. The van der Waals surface area contributed by atoms with Gasteiger partial charge in [-0.25, -0.2) is 4.79 Å². The molecule has 1 aliphatic heterocycles. The summed E-state index contributed by atoms with van der Waals surface area (Å²) in [5, 5.41) is 0.214. The van der Waals surface area contributed by atoms with E-state index in [1.54, 1.807) is 24.3 Å². The number of ether oxygens (including phenoxy) is 2. The van der Waals surface area contributed by atoms with E-state index in [2.05, 4.69) is 15.6 Å². The number of hydrogen-bond acceptors (Lipinski definition) is 7. The smallest absolute Gasteiger partial charge is 0.337 e. The number of benzene rings is 2. The molecular formula is C22H20ClN3O7. The third-order valence-electron chi connectivity index (χ3n) is 4.84. The Bertz CT molecular complexity index is 1090. The Morgan fingerprint density at radius 3 is 2.42 bits per heavy atom. The van der Waals surface area contributed by atoms with Gasteiger partial charge in [0.1, 0.15) is 0 Å². The van der Waals surface area contributed by atoms with Gasteiger partial charge in [-0.15, -0.1) is 0 Å². The van der Waals surface area contributed by atoms with E-state index in [4.69, 9.17) is 16.3 Å². The van der Waals surface area contributed by atoms with Gasteiger partial charge >= 0.3 is 11.9 Å². The van der Waals surface area contributed by atoms with Crippen LogP contribution in [0, 0.1) is 5.92 Å². The van der Waals surface area contributed by atoms with Crippen molar-refractivity contribution < 1.29 is 33.4 Å². The number of rotatable bonds is 6. The lowest BCUT2D eigenvalue weighted by atomic mass is 10.1. The number of hydrazine groups is 1. The molecule has 172 valence electrons. The largest absolute Gasteiger partial charge is 0.465 e. The van der Waals surface area contributed by atoms with E-state index >= 15 is 0 Å². The predicted molar refractivity (Wildman–Crippen MR) is 116 cm³/mol. The van der Waals surface area contributed by atoms with Gasteiger partial charge in [-0.1, -0.05) is 23.7 Å². The molecule has 0 aliphatic carbocycles. The number of nitrogens with zero attached hydrogens (tertiary/aromatic N) is 1. The summed E-state index contributed by atoms with van der Waals surface area (Å²) in [6.45, 7) is -0.569. The normalized spacial score (nSPS) is 15.0. The van der Waals surface area contributed by atoms with Crippen molar-refractivity contribution in [3.05, 3.63) is 64.7 Å². The standard InChI is InChI=1S/C22H20ClN3O7/c1-32-21(30)13-6-8-15(9-7-13)26-11-14(10-19(26)28)22(31)33-12-18(27)24-25-20(29)16-4-2-3-5-17(16)23/h2-9,14H,10-12H2,1H3,(H,24,27)(H,25,29)/t14-/m1/s1. The third-order valence-corrected chi connectivity index (χ3v) is 5.17. The quantitative estimate of drug-likeness (QED) is 0.480. The van der Waals surface area contributed by atoms with Crippen LogP contribution in [0.1, 0.15) is 27.1 Å². The Morgan fingerprint density at radius 2 is 1.76 bits per heavy atom. The maximum absolute atomic E-state index is 12.3. The second kappa shape index (κ2) is 10.6. The second-order valence-electron chi connectivity index (χ2n) is 7.03. The highest BCUT2D eigenvalue weighted by Gasteiger charge is 2.36. The molecule has 3 rings (SSSR count). The number of methoxy groups -OCH3 is 1. The number of nitrogens with one attached hydrogen (secondary N) is 2. The minimum atomic E-state index is -0.761. The minimum absolute atomic E-state index is 0.0695. The van der Waals surface area contributed by atoms with Crippen molar-refractivity contribution in [1.29, 1.82) is 0 Å². The molecule has 0 aromatic heterocycles. The van der Waals surface area contributed by atoms with Crippen LogP contribution in [0.15, 0.2) is 48.5 Å². The Kier molecular flexibility index (Phi) is 7.62. The maximum atomic E-state index is 12.3. The van der Waals surface area contributed by atoms with Crippen molar-refractivity contribution in [3.63, 3.8) is 0 Å². The summed E-state index contributed by atoms with van der Waals surface area (Å²) in [5.41, 5.74) is 5.32. The van der Waals surface area contributed by atoms with E-state index in [1.165, 1.54) is 36.3 Å². The second-order valence-corrected chi connectivity index (χ2v) is 7.44. The first kappa shape index (κ1) is 23.7. The molecule has 2 N–H and O–H groups in total. The van der Waals surface area contributed by atoms with Crippen molar-refractivity contribution in [1.82, 2.24) is 10.9 Å². The van der Waals surface area contributed by atoms with E-state index in [1.807, 2.05) is 0 Å². The van der Waals surface area contributed by atoms with E-state index in [0.717, 1.165) is 0 Å². The summed E-state index contributed by atoms with van der Waals surface area (Å²) in [4.78, 5) is 61.5. The van der Waals surface area contributed by atoms with Crippen molar-refractivity contribution >= 4 is 46.9 Å². The average molecular weight is 474 g/mol. The summed E-state index contributed by atoms with van der Waals surface area (Å²) < 4.78 is 9.61. The van der Waals surface area contributed by atoms with Crippen LogP contribution >= 0.6 is 11.6 Å². The molecule has 10 nitrogen and oxygen atoms in total. The molecule has 2 aromatic carbocycles. The van der Waals surface area contributed by atoms with Crippen LogP contribution in [0.3, 0.4) is 0 Å². The first-order valence-electron chi connectivity index (χ1n) is 9.79. The molecule has 0 radical (unpaired) electrons. The lowest BCUT2D eigenvalue weighted by molar-refractivity contribution is -0.152. The van der Waals surface area contributed by atoms with Crippen LogP contribution in [0.4, 0.5) is 5.69 Å². The van der Waals surface area contributed by atoms with E-state index in [0.29, 0.717) is 11.3 Å². The molecule has 0 unspecified atom stereocenters. The molecule has 2 aromatic rings. The summed E-state index contributed by atoms with van der Waals surface area (Å²) >= 11 is 5.91. The number of hydrogen-bond donors (Lipinski definition) is 2. The molecule has 1 fully saturated rings. The molecule has 33 heavy (non-hydrogen) atoms. The zero-order valence-electron chi connectivity index (χ0n) is 17.5. The number of carbonyl (C=O) groups is 5. The first-order valence-corrected chi connectivity index (χ1v) is 10.2. The van der Waals surface area contributed by atoms with Crippen LogP contribution in [0.5, 0.6) is 0 Å². The van der Waals surface area contributed by atoms with Crippen molar-refractivity contribution in [2.75, 3.05) is 25.2 Å². The summed E-state index contributed by atoms with van der Waals surface area (Å²) in [6.07, 6.45) is -0.0809. The highest BCUT2D eigenvalue weighted by Crippen LogP contribution is 2.26. The number of amides is 3. The first-order chi connectivity index (χ1) is 15.8. The van der Waals surface area contributed by atoms with Gasteiger partial charge in [0, 0.05) is 18.7 Å². The van der Waals surface area contributed by atoms with Gasteiger partial charge in [0.25, 0.3) is 11.8 Å². The molecule has 3 amide bonds. The van der Waals surface area contributed by atoms with Gasteiger partial charge in [-0.2, -0.15) is 0 Å². The molecule has 1 heterocycles. The van der Waals surface area contributed by atoms with Crippen LogP contribution in [-0.2, 0) is 23.9 Å². The van der Waals surface area contributed by atoms with Crippen LogP contribution in [0.2, 0.25) is 5.02 Å². The fraction of sp³-hybridized carbons (Fsp3) is 0.227. The Labute approximate surface area is 193 Å². The van der Waals surface area contributed by atoms with Crippen LogP contribution in [0.25, 0.3) is 0 Å². The van der Waals surface area contributed by atoms with E-state index < -0.39 is 36.3 Å². The number of halogens is 1. The number of esters is 2. The van der Waals surface area contributed by atoms with E-state index in [9.17, 15) is 24.0 Å². The Hall–Kier alpha value is -3.92.